The number of phenolic OH excluding ortho intramolecular Hbond substituents is 1. The van der Waals surface area contributed by atoms with Crippen molar-refractivity contribution in [3.63, 3.8) is 0 Å². The fraction of sp³-hybridized carbons (Fsp3) is 0.379. The van der Waals surface area contributed by atoms with Crippen LogP contribution in [0.15, 0.2) is 72.8 Å². The normalized spacial score (nSPS) is 21.0. The van der Waals surface area contributed by atoms with Gasteiger partial charge < -0.3 is 10.4 Å². The van der Waals surface area contributed by atoms with Gasteiger partial charge in [0.25, 0.3) is 0 Å². The van der Waals surface area contributed by atoms with Crippen molar-refractivity contribution in [2.24, 2.45) is 0 Å². The van der Waals surface area contributed by atoms with Gasteiger partial charge in [-0.1, -0.05) is 74.5 Å². The molecule has 2 atom stereocenters. The number of aryl methyl sites for hydroxylation is 1. The summed E-state index contributed by atoms with van der Waals surface area (Å²) in [5.41, 5.74) is 6.96. The lowest BCUT2D eigenvalue weighted by atomic mass is 9.69. The molecule has 0 spiro atoms. The van der Waals surface area contributed by atoms with Gasteiger partial charge in [-0.05, 0) is 90.6 Å². The van der Waals surface area contributed by atoms with Crippen molar-refractivity contribution >= 4 is 0 Å². The van der Waals surface area contributed by atoms with Gasteiger partial charge in [-0.2, -0.15) is 0 Å². The van der Waals surface area contributed by atoms with Gasteiger partial charge >= 0.3 is 0 Å². The molecular formula is C29H35NO. The second-order valence-electron chi connectivity index (χ2n) is 8.61. The highest BCUT2D eigenvalue weighted by Gasteiger charge is 2.32. The van der Waals surface area contributed by atoms with E-state index in [1.54, 1.807) is 0 Å². The van der Waals surface area contributed by atoms with Gasteiger partial charge in [0.15, 0.2) is 0 Å². The summed E-state index contributed by atoms with van der Waals surface area (Å²) in [7, 11) is 0. The van der Waals surface area contributed by atoms with Crippen molar-refractivity contribution in [1.29, 1.82) is 0 Å². The van der Waals surface area contributed by atoms with Gasteiger partial charge in [0, 0.05) is 5.92 Å². The Labute approximate surface area is 187 Å². The Morgan fingerprint density at radius 3 is 2.13 bits per heavy atom. The predicted octanol–water partition coefficient (Wildman–Crippen LogP) is 6.75. The first kappa shape index (κ1) is 21.6. The number of benzene rings is 3. The maximum atomic E-state index is 10.0. The summed E-state index contributed by atoms with van der Waals surface area (Å²) >= 11 is 0. The minimum Gasteiger partial charge on any atom is -0.508 e. The molecule has 2 N–H and O–H groups in total. The Bertz CT molecular complexity index is 958. The van der Waals surface area contributed by atoms with E-state index in [9.17, 15) is 5.11 Å². The standard InChI is InChI=1S/C27H29NO.C2H6/c29-24-11-13-26-23(18-24)10-12-25(21-4-2-1-3-5-21)27(26)22-8-6-19(7-9-22)20-14-16-28-17-15-20;1-2/h1-9,11,13,18,20,25,27-29H,10,12,14-17H2;1-2H3. The van der Waals surface area contributed by atoms with Crippen molar-refractivity contribution < 1.29 is 5.11 Å². The second kappa shape index (κ2) is 10.2. The van der Waals surface area contributed by atoms with Crippen LogP contribution in [0.4, 0.5) is 0 Å². The predicted molar refractivity (Wildman–Crippen MR) is 130 cm³/mol. The number of rotatable bonds is 3. The maximum absolute atomic E-state index is 10.0. The zero-order valence-corrected chi connectivity index (χ0v) is 18.9. The highest BCUT2D eigenvalue weighted by atomic mass is 16.3. The minimum absolute atomic E-state index is 0.337. The van der Waals surface area contributed by atoms with E-state index in [0.29, 0.717) is 23.5 Å². The van der Waals surface area contributed by atoms with Gasteiger partial charge in [0.05, 0.1) is 0 Å². The number of aromatic hydroxyl groups is 1. The van der Waals surface area contributed by atoms with Crippen LogP contribution in [-0.4, -0.2) is 18.2 Å². The lowest BCUT2D eigenvalue weighted by Gasteiger charge is -2.35. The molecule has 0 bridgehead atoms. The monoisotopic (exact) mass is 413 g/mol. The van der Waals surface area contributed by atoms with Crippen molar-refractivity contribution in [2.45, 2.75) is 57.3 Å². The van der Waals surface area contributed by atoms with Crippen LogP contribution in [0.5, 0.6) is 5.75 Å². The molecule has 1 saturated heterocycles. The summed E-state index contributed by atoms with van der Waals surface area (Å²) in [6.45, 7) is 6.25. The van der Waals surface area contributed by atoms with Crippen molar-refractivity contribution in [3.8, 4) is 5.75 Å². The number of nitrogens with one attached hydrogen (secondary N) is 1. The van der Waals surface area contributed by atoms with E-state index < -0.39 is 0 Å². The van der Waals surface area contributed by atoms with Crippen molar-refractivity contribution in [3.05, 3.63) is 101 Å². The Hall–Kier alpha value is -2.58. The van der Waals surface area contributed by atoms with Gasteiger partial charge in [0.2, 0.25) is 0 Å². The van der Waals surface area contributed by atoms with Crippen LogP contribution in [0, 0.1) is 0 Å². The third-order valence-corrected chi connectivity index (χ3v) is 6.92. The topological polar surface area (TPSA) is 32.3 Å². The van der Waals surface area contributed by atoms with Crippen LogP contribution < -0.4 is 5.32 Å². The molecule has 2 heteroatoms. The summed E-state index contributed by atoms with van der Waals surface area (Å²) in [5, 5.41) is 13.5. The number of fused-ring (bicyclic) bond motifs is 1. The summed E-state index contributed by atoms with van der Waals surface area (Å²) in [6, 6.07) is 26.3. The average Bonchev–Trinajstić information content (AvgIpc) is 2.86. The Balaban J connectivity index is 0.00000112. The lowest BCUT2D eigenvalue weighted by Crippen LogP contribution is -2.26. The van der Waals surface area contributed by atoms with Crippen LogP contribution in [-0.2, 0) is 6.42 Å². The Kier molecular flexibility index (Phi) is 7.09. The van der Waals surface area contributed by atoms with Crippen molar-refractivity contribution in [2.75, 3.05) is 13.1 Å². The lowest BCUT2D eigenvalue weighted by molar-refractivity contribution is 0.460. The minimum atomic E-state index is 0.337. The SMILES string of the molecule is CC.Oc1ccc2c(c1)CCC(c1ccccc1)C2c1ccc(C2CCNCC2)cc1. The third kappa shape index (κ3) is 4.70. The first-order valence-electron chi connectivity index (χ1n) is 12.0. The van der Waals surface area contributed by atoms with Gasteiger partial charge in [-0.15, -0.1) is 0 Å². The van der Waals surface area contributed by atoms with Crippen LogP contribution >= 0.6 is 0 Å². The van der Waals surface area contributed by atoms with E-state index in [-0.39, 0.29) is 0 Å². The molecule has 2 unspecified atom stereocenters. The molecule has 2 aliphatic rings. The molecule has 1 aliphatic heterocycles. The summed E-state index contributed by atoms with van der Waals surface area (Å²) in [6.07, 6.45) is 4.60. The van der Waals surface area contributed by atoms with Gasteiger partial charge in [-0.3, -0.25) is 0 Å². The van der Waals surface area contributed by atoms with E-state index >= 15 is 0 Å². The molecule has 0 radical (unpaired) electrons. The molecular weight excluding hydrogens is 378 g/mol. The maximum Gasteiger partial charge on any atom is 0.115 e. The van der Waals surface area contributed by atoms with Gasteiger partial charge in [-0.25, -0.2) is 0 Å². The number of hydrogen-bond acceptors (Lipinski definition) is 2. The number of hydrogen-bond donors (Lipinski definition) is 2. The molecule has 5 rings (SSSR count). The van der Waals surface area contributed by atoms with E-state index in [0.717, 1.165) is 25.9 Å². The fourth-order valence-electron chi connectivity index (χ4n) is 5.41. The van der Waals surface area contributed by atoms with Crippen LogP contribution in [0.3, 0.4) is 0 Å². The summed E-state index contributed by atoms with van der Waals surface area (Å²) in [5.74, 6) is 1.87. The highest BCUT2D eigenvalue weighted by Crippen LogP contribution is 2.47. The first-order valence-corrected chi connectivity index (χ1v) is 12.0. The molecule has 162 valence electrons. The Morgan fingerprint density at radius 2 is 1.42 bits per heavy atom. The molecule has 1 fully saturated rings. The molecule has 2 nitrogen and oxygen atoms in total. The average molecular weight is 414 g/mol. The smallest absolute Gasteiger partial charge is 0.115 e. The Morgan fingerprint density at radius 1 is 0.742 bits per heavy atom. The van der Waals surface area contributed by atoms with E-state index in [1.165, 1.54) is 40.7 Å². The molecule has 3 aromatic rings. The third-order valence-electron chi connectivity index (χ3n) is 6.92. The summed E-state index contributed by atoms with van der Waals surface area (Å²) < 4.78 is 0. The largest absolute Gasteiger partial charge is 0.508 e. The quantitative estimate of drug-likeness (QED) is 0.498. The second-order valence-corrected chi connectivity index (χ2v) is 8.61. The molecule has 0 aromatic heterocycles. The molecule has 31 heavy (non-hydrogen) atoms. The van der Waals surface area contributed by atoms with E-state index in [2.05, 4.69) is 66.0 Å². The van der Waals surface area contributed by atoms with Crippen LogP contribution in [0.25, 0.3) is 0 Å². The number of piperidine rings is 1. The van der Waals surface area contributed by atoms with Gasteiger partial charge in [0.1, 0.15) is 5.75 Å². The molecule has 0 saturated carbocycles. The van der Waals surface area contributed by atoms with Crippen LogP contribution in [0.2, 0.25) is 0 Å². The number of phenols is 1. The molecule has 1 heterocycles. The summed E-state index contributed by atoms with van der Waals surface area (Å²) in [4.78, 5) is 0. The highest BCUT2D eigenvalue weighted by molar-refractivity contribution is 5.47. The molecule has 1 aliphatic carbocycles. The van der Waals surface area contributed by atoms with Crippen LogP contribution in [0.1, 0.15) is 78.7 Å². The molecule has 3 aromatic carbocycles. The zero-order valence-electron chi connectivity index (χ0n) is 18.9. The molecule has 0 amide bonds. The van der Waals surface area contributed by atoms with Crippen molar-refractivity contribution in [1.82, 2.24) is 5.32 Å². The zero-order chi connectivity index (χ0) is 21.6. The fourth-order valence-corrected chi connectivity index (χ4v) is 5.41. The van der Waals surface area contributed by atoms with E-state index in [4.69, 9.17) is 0 Å². The van der Waals surface area contributed by atoms with E-state index in [1.807, 2.05) is 26.0 Å². The first-order chi connectivity index (χ1) is 15.3.